The minimum atomic E-state index is -0.670. The van der Waals surface area contributed by atoms with Gasteiger partial charge in [0.1, 0.15) is 6.10 Å². The fourth-order valence-corrected chi connectivity index (χ4v) is 1.09. The summed E-state index contributed by atoms with van der Waals surface area (Å²) in [7, 11) is 0. The Kier molecular flexibility index (Phi) is 2.25. The highest BCUT2D eigenvalue weighted by Crippen LogP contribution is 2.19. The number of aliphatic hydroxyl groups excluding tert-OH is 2. The standard InChI is InChI=1S/C8H12O2/c1-2-3-6-4-5-7(9)8(6)10/h2-4,7-10H,5H2,1H3. The number of hydrogen-bond acceptors (Lipinski definition) is 2. The average Bonchev–Trinajstić information content (AvgIpc) is 2.20. The molecule has 0 aromatic heterocycles. The van der Waals surface area contributed by atoms with Crippen LogP contribution >= 0.6 is 0 Å². The lowest BCUT2D eigenvalue weighted by Crippen LogP contribution is -2.21. The third-order valence-electron chi connectivity index (χ3n) is 1.66. The van der Waals surface area contributed by atoms with Crippen molar-refractivity contribution in [2.45, 2.75) is 25.6 Å². The maximum Gasteiger partial charge on any atom is 0.105 e. The number of hydrogen-bond donors (Lipinski definition) is 2. The fourth-order valence-electron chi connectivity index (χ4n) is 1.09. The van der Waals surface area contributed by atoms with E-state index < -0.39 is 12.2 Å². The summed E-state index contributed by atoms with van der Waals surface area (Å²) in [5.41, 5.74) is 0.829. The van der Waals surface area contributed by atoms with E-state index in [1.807, 2.05) is 25.2 Å². The Bertz CT molecular complexity index is 170. The second kappa shape index (κ2) is 2.99. The second-order valence-corrected chi connectivity index (χ2v) is 2.45. The smallest absolute Gasteiger partial charge is 0.105 e. The van der Waals surface area contributed by atoms with Gasteiger partial charge in [0, 0.05) is 0 Å². The first-order chi connectivity index (χ1) is 4.75. The maximum atomic E-state index is 9.22. The summed E-state index contributed by atoms with van der Waals surface area (Å²) in [6.45, 7) is 1.89. The molecule has 1 aliphatic rings. The summed E-state index contributed by atoms with van der Waals surface area (Å²) >= 11 is 0. The van der Waals surface area contributed by atoms with Crippen LogP contribution in [0.3, 0.4) is 0 Å². The predicted octanol–water partition coefficient (Wildman–Crippen LogP) is 0.614. The highest BCUT2D eigenvalue weighted by atomic mass is 16.3. The van der Waals surface area contributed by atoms with Crippen LogP contribution in [0.4, 0.5) is 0 Å². The average molecular weight is 140 g/mol. The summed E-state index contributed by atoms with van der Waals surface area (Å²) < 4.78 is 0. The third-order valence-corrected chi connectivity index (χ3v) is 1.66. The van der Waals surface area contributed by atoms with Gasteiger partial charge in [-0.25, -0.2) is 0 Å². The highest BCUT2D eigenvalue weighted by Gasteiger charge is 2.23. The molecule has 0 bridgehead atoms. The summed E-state index contributed by atoms with van der Waals surface area (Å²) in [6, 6.07) is 0. The molecule has 2 N–H and O–H groups in total. The van der Waals surface area contributed by atoms with Gasteiger partial charge in [-0.05, 0) is 18.9 Å². The van der Waals surface area contributed by atoms with Crippen molar-refractivity contribution >= 4 is 0 Å². The molecule has 10 heavy (non-hydrogen) atoms. The predicted molar refractivity (Wildman–Crippen MR) is 39.5 cm³/mol. The molecule has 1 rings (SSSR count). The Morgan fingerprint density at radius 3 is 2.70 bits per heavy atom. The van der Waals surface area contributed by atoms with Gasteiger partial charge in [0.05, 0.1) is 6.10 Å². The Morgan fingerprint density at radius 1 is 1.60 bits per heavy atom. The molecule has 0 saturated heterocycles. The van der Waals surface area contributed by atoms with Crippen molar-refractivity contribution in [3.63, 3.8) is 0 Å². The Balaban J connectivity index is 2.62. The van der Waals surface area contributed by atoms with Crippen molar-refractivity contribution in [1.82, 2.24) is 0 Å². The molecule has 0 amide bonds. The van der Waals surface area contributed by atoms with Crippen molar-refractivity contribution in [1.29, 1.82) is 0 Å². The van der Waals surface area contributed by atoms with Crippen LogP contribution in [-0.2, 0) is 0 Å². The first-order valence-electron chi connectivity index (χ1n) is 3.44. The SMILES string of the molecule is CC=CC1=CCC(O)C1O. The van der Waals surface area contributed by atoms with Gasteiger partial charge in [-0.15, -0.1) is 0 Å². The first kappa shape index (κ1) is 7.51. The first-order valence-corrected chi connectivity index (χ1v) is 3.44. The van der Waals surface area contributed by atoms with Gasteiger partial charge < -0.3 is 10.2 Å². The summed E-state index contributed by atoms with van der Waals surface area (Å²) in [5, 5.41) is 18.3. The van der Waals surface area contributed by atoms with Crippen LogP contribution in [0, 0.1) is 0 Å². The monoisotopic (exact) mass is 140 g/mol. The molecule has 2 atom stereocenters. The van der Waals surface area contributed by atoms with Gasteiger partial charge in [0.15, 0.2) is 0 Å². The summed E-state index contributed by atoms with van der Waals surface area (Å²) in [4.78, 5) is 0. The zero-order valence-electron chi connectivity index (χ0n) is 5.99. The van der Waals surface area contributed by atoms with Gasteiger partial charge in [-0.1, -0.05) is 18.2 Å². The topological polar surface area (TPSA) is 40.5 Å². The van der Waals surface area contributed by atoms with E-state index >= 15 is 0 Å². The van der Waals surface area contributed by atoms with E-state index in [1.165, 1.54) is 0 Å². The van der Waals surface area contributed by atoms with Gasteiger partial charge >= 0.3 is 0 Å². The van der Waals surface area contributed by atoms with Crippen LogP contribution in [0.15, 0.2) is 23.8 Å². The number of aliphatic hydroxyl groups is 2. The van der Waals surface area contributed by atoms with E-state index in [2.05, 4.69) is 0 Å². The second-order valence-electron chi connectivity index (χ2n) is 2.45. The van der Waals surface area contributed by atoms with Crippen LogP contribution < -0.4 is 0 Å². The largest absolute Gasteiger partial charge is 0.390 e. The molecule has 0 aliphatic heterocycles. The number of allylic oxidation sites excluding steroid dienone is 1. The molecule has 0 spiro atoms. The zero-order valence-corrected chi connectivity index (χ0v) is 5.99. The highest BCUT2D eigenvalue weighted by molar-refractivity contribution is 5.28. The van der Waals surface area contributed by atoms with Crippen molar-refractivity contribution in [2.75, 3.05) is 0 Å². The van der Waals surface area contributed by atoms with E-state index in [0.29, 0.717) is 6.42 Å². The van der Waals surface area contributed by atoms with Crippen molar-refractivity contribution < 1.29 is 10.2 Å². The molecule has 0 aromatic carbocycles. The normalized spacial score (nSPS) is 33.3. The van der Waals surface area contributed by atoms with Crippen molar-refractivity contribution in [2.24, 2.45) is 0 Å². The fraction of sp³-hybridized carbons (Fsp3) is 0.500. The van der Waals surface area contributed by atoms with Gasteiger partial charge in [-0.3, -0.25) is 0 Å². The lowest BCUT2D eigenvalue weighted by molar-refractivity contribution is 0.0571. The number of rotatable bonds is 1. The van der Waals surface area contributed by atoms with Gasteiger partial charge in [0.2, 0.25) is 0 Å². The Morgan fingerprint density at radius 2 is 2.30 bits per heavy atom. The van der Waals surface area contributed by atoms with Gasteiger partial charge in [-0.2, -0.15) is 0 Å². The molecule has 1 aliphatic carbocycles. The molecule has 0 radical (unpaired) electrons. The van der Waals surface area contributed by atoms with Crippen LogP contribution in [0.2, 0.25) is 0 Å². The van der Waals surface area contributed by atoms with Crippen molar-refractivity contribution in [3.05, 3.63) is 23.8 Å². The van der Waals surface area contributed by atoms with Crippen LogP contribution in [0.25, 0.3) is 0 Å². The van der Waals surface area contributed by atoms with E-state index in [9.17, 15) is 5.11 Å². The Hall–Kier alpha value is -0.600. The molecule has 2 heteroatoms. The van der Waals surface area contributed by atoms with Crippen LogP contribution in [-0.4, -0.2) is 22.4 Å². The molecule has 2 unspecified atom stereocenters. The third kappa shape index (κ3) is 1.28. The van der Waals surface area contributed by atoms with E-state index in [0.717, 1.165) is 5.57 Å². The molecule has 0 saturated carbocycles. The molecular weight excluding hydrogens is 128 g/mol. The van der Waals surface area contributed by atoms with E-state index in [-0.39, 0.29) is 0 Å². The molecular formula is C8H12O2. The minimum Gasteiger partial charge on any atom is -0.390 e. The molecule has 56 valence electrons. The summed E-state index contributed by atoms with van der Waals surface area (Å²) in [6.07, 6.45) is 4.84. The van der Waals surface area contributed by atoms with Crippen LogP contribution in [0.1, 0.15) is 13.3 Å². The lowest BCUT2D eigenvalue weighted by atomic mass is 10.1. The van der Waals surface area contributed by atoms with E-state index in [4.69, 9.17) is 5.11 Å². The molecule has 0 heterocycles. The summed E-state index contributed by atoms with van der Waals surface area (Å²) in [5.74, 6) is 0. The lowest BCUT2D eigenvalue weighted by Gasteiger charge is -2.08. The van der Waals surface area contributed by atoms with Crippen LogP contribution in [0.5, 0.6) is 0 Å². The van der Waals surface area contributed by atoms with Gasteiger partial charge in [0.25, 0.3) is 0 Å². The van der Waals surface area contributed by atoms with E-state index in [1.54, 1.807) is 0 Å². The Labute approximate surface area is 60.5 Å². The minimum absolute atomic E-state index is 0.570. The zero-order chi connectivity index (χ0) is 7.56. The molecule has 0 fully saturated rings. The molecule has 2 nitrogen and oxygen atoms in total. The molecule has 0 aromatic rings. The van der Waals surface area contributed by atoms with Crippen molar-refractivity contribution in [3.8, 4) is 0 Å². The maximum absolute atomic E-state index is 9.22. The quantitative estimate of drug-likeness (QED) is 0.560.